The molecule has 0 saturated heterocycles. The lowest BCUT2D eigenvalue weighted by molar-refractivity contribution is -0.126. The molecule has 25 heavy (non-hydrogen) atoms. The predicted molar refractivity (Wildman–Crippen MR) is 96.5 cm³/mol. The Morgan fingerprint density at radius 1 is 1.24 bits per heavy atom. The highest BCUT2D eigenvalue weighted by Gasteiger charge is 2.58. The second kappa shape index (κ2) is 5.22. The maximum atomic E-state index is 13.3. The fraction of sp³-hybridized carbons (Fsp3) is 0.353. The quantitative estimate of drug-likeness (QED) is 0.826. The number of fused-ring (bicyclic) bond motifs is 4. The van der Waals surface area contributed by atoms with Crippen LogP contribution in [0.25, 0.3) is 0 Å². The van der Waals surface area contributed by atoms with Crippen molar-refractivity contribution in [2.45, 2.75) is 31.7 Å². The highest BCUT2D eigenvalue weighted by Crippen LogP contribution is 2.56. The summed E-state index contributed by atoms with van der Waals surface area (Å²) in [5, 5.41) is 8.09. The number of nitrogens with one attached hydrogen (secondary N) is 1. The molecule has 1 spiro atoms. The summed E-state index contributed by atoms with van der Waals surface area (Å²) in [5.41, 5.74) is 0.586. The van der Waals surface area contributed by atoms with Gasteiger partial charge in [-0.3, -0.25) is 9.59 Å². The van der Waals surface area contributed by atoms with Crippen LogP contribution in [0, 0.1) is 0 Å². The van der Waals surface area contributed by atoms with E-state index in [0.29, 0.717) is 32.7 Å². The van der Waals surface area contributed by atoms with Crippen molar-refractivity contribution < 1.29 is 9.59 Å². The van der Waals surface area contributed by atoms with Gasteiger partial charge in [-0.2, -0.15) is 5.10 Å². The molecule has 1 aromatic carbocycles. The first-order chi connectivity index (χ1) is 11.8. The predicted octanol–water partition coefficient (Wildman–Crippen LogP) is 3.38. The third kappa shape index (κ3) is 1.95. The van der Waals surface area contributed by atoms with E-state index in [1.54, 1.807) is 30.1 Å². The van der Waals surface area contributed by atoms with E-state index in [2.05, 4.69) is 10.4 Å². The zero-order valence-corrected chi connectivity index (χ0v) is 15.4. The van der Waals surface area contributed by atoms with Gasteiger partial charge in [0, 0.05) is 35.7 Å². The van der Waals surface area contributed by atoms with E-state index in [1.165, 1.54) is 4.90 Å². The van der Waals surface area contributed by atoms with Crippen molar-refractivity contribution in [3.05, 3.63) is 39.5 Å². The molecule has 0 saturated carbocycles. The number of nitrogens with zero attached hydrogens (tertiary/aromatic N) is 3. The van der Waals surface area contributed by atoms with Crippen LogP contribution in [-0.2, 0) is 15.0 Å². The lowest BCUT2D eigenvalue weighted by atomic mass is 9.71. The number of hydrogen-bond donors (Lipinski definition) is 1. The monoisotopic (exact) mass is 378 g/mol. The summed E-state index contributed by atoms with van der Waals surface area (Å²) >= 11 is 12.8. The minimum Gasteiger partial charge on any atom is -0.313 e. The Bertz CT molecular complexity index is 937. The Hall–Kier alpha value is -2.05. The van der Waals surface area contributed by atoms with Crippen molar-refractivity contribution in [3.8, 4) is 0 Å². The Morgan fingerprint density at radius 3 is 2.60 bits per heavy atom. The Labute approximate surface area is 154 Å². The van der Waals surface area contributed by atoms with Crippen molar-refractivity contribution >= 4 is 46.5 Å². The van der Waals surface area contributed by atoms with Gasteiger partial charge in [-0.1, -0.05) is 23.2 Å². The fourth-order valence-electron chi connectivity index (χ4n) is 3.89. The number of halogens is 2. The van der Waals surface area contributed by atoms with Gasteiger partial charge in [-0.05, 0) is 26.0 Å². The summed E-state index contributed by atoms with van der Waals surface area (Å²) in [6.07, 6.45) is 1.62. The molecule has 6 nitrogen and oxygen atoms in total. The standard InChI is InChI=1S/C17H16Cl2N4O2/c1-8(2)23-15-9(7-20-23)17(6-12(24)21-15)13-10(18)4-5-11(19)14(13)22(3)16(17)25/h4-5,7-8H,6H2,1-3H3,(H,21,24). The van der Waals surface area contributed by atoms with Gasteiger partial charge >= 0.3 is 0 Å². The van der Waals surface area contributed by atoms with Crippen LogP contribution in [0.4, 0.5) is 11.5 Å². The van der Waals surface area contributed by atoms with Crippen LogP contribution in [0.3, 0.4) is 0 Å². The van der Waals surface area contributed by atoms with Crippen molar-refractivity contribution in [2.75, 3.05) is 17.3 Å². The van der Waals surface area contributed by atoms with Crippen LogP contribution < -0.4 is 10.2 Å². The first kappa shape index (κ1) is 16.4. The van der Waals surface area contributed by atoms with Crippen LogP contribution in [0.2, 0.25) is 10.0 Å². The first-order valence-corrected chi connectivity index (χ1v) is 8.69. The molecule has 2 amide bonds. The molecule has 0 fully saturated rings. The van der Waals surface area contributed by atoms with Crippen LogP contribution in [0.1, 0.15) is 37.4 Å². The average Bonchev–Trinajstić information content (AvgIpc) is 3.06. The van der Waals surface area contributed by atoms with Crippen LogP contribution >= 0.6 is 23.2 Å². The van der Waals surface area contributed by atoms with Crippen LogP contribution in [0.5, 0.6) is 0 Å². The van der Waals surface area contributed by atoms with Gasteiger partial charge in [-0.15, -0.1) is 0 Å². The minimum atomic E-state index is -1.20. The van der Waals surface area contributed by atoms with Crippen molar-refractivity contribution in [1.29, 1.82) is 0 Å². The van der Waals surface area contributed by atoms with E-state index >= 15 is 0 Å². The summed E-state index contributed by atoms with van der Waals surface area (Å²) in [6, 6.07) is 3.35. The fourth-order valence-corrected chi connectivity index (χ4v) is 4.48. The SMILES string of the molecule is CC(C)n1ncc2c1NC(=O)CC21C(=O)N(C)c2c(Cl)ccc(Cl)c21. The van der Waals surface area contributed by atoms with Crippen molar-refractivity contribution in [1.82, 2.24) is 9.78 Å². The molecule has 2 aliphatic rings. The maximum Gasteiger partial charge on any atom is 0.242 e. The zero-order valence-electron chi connectivity index (χ0n) is 13.9. The summed E-state index contributed by atoms with van der Waals surface area (Å²) in [4.78, 5) is 27.3. The molecule has 3 heterocycles. The lowest BCUT2D eigenvalue weighted by Gasteiger charge is -2.32. The molecule has 2 aromatic rings. The molecule has 0 aliphatic carbocycles. The number of hydrogen-bond acceptors (Lipinski definition) is 3. The van der Waals surface area contributed by atoms with E-state index in [-0.39, 0.29) is 24.3 Å². The third-order valence-corrected chi connectivity index (χ3v) is 5.56. The number of aromatic nitrogens is 2. The maximum absolute atomic E-state index is 13.3. The average molecular weight is 379 g/mol. The molecule has 1 aromatic heterocycles. The minimum absolute atomic E-state index is 0.0278. The largest absolute Gasteiger partial charge is 0.313 e. The number of carbonyl (C=O) groups excluding carboxylic acids is 2. The second-order valence-corrected chi connectivity index (χ2v) is 7.51. The van der Waals surface area contributed by atoms with Gasteiger partial charge in [0.15, 0.2) is 0 Å². The van der Waals surface area contributed by atoms with E-state index in [4.69, 9.17) is 23.2 Å². The molecule has 1 unspecified atom stereocenters. The smallest absolute Gasteiger partial charge is 0.242 e. The zero-order chi connectivity index (χ0) is 18.1. The van der Waals surface area contributed by atoms with E-state index in [9.17, 15) is 9.59 Å². The Morgan fingerprint density at radius 2 is 1.92 bits per heavy atom. The first-order valence-electron chi connectivity index (χ1n) is 7.93. The number of anilines is 2. The molecular formula is C17H16Cl2N4O2. The Kier molecular flexibility index (Phi) is 3.43. The highest BCUT2D eigenvalue weighted by atomic mass is 35.5. The van der Waals surface area contributed by atoms with Gasteiger partial charge < -0.3 is 10.2 Å². The van der Waals surface area contributed by atoms with Gasteiger partial charge in [0.25, 0.3) is 0 Å². The molecule has 1 N–H and O–H groups in total. The van der Waals surface area contributed by atoms with Gasteiger partial charge in [0.05, 0.1) is 16.9 Å². The van der Waals surface area contributed by atoms with Crippen molar-refractivity contribution in [2.24, 2.45) is 0 Å². The number of benzene rings is 1. The summed E-state index contributed by atoms with van der Waals surface area (Å²) in [7, 11) is 1.65. The van der Waals surface area contributed by atoms with Gasteiger partial charge in [0.1, 0.15) is 11.2 Å². The van der Waals surface area contributed by atoms with Gasteiger partial charge in [-0.25, -0.2) is 4.68 Å². The summed E-state index contributed by atoms with van der Waals surface area (Å²) in [5.74, 6) is 0.0642. The molecule has 130 valence electrons. The molecular weight excluding hydrogens is 363 g/mol. The second-order valence-electron chi connectivity index (χ2n) is 6.69. The molecule has 0 radical (unpaired) electrons. The Balaban J connectivity index is 2.10. The number of amides is 2. The van der Waals surface area contributed by atoms with Crippen molar-refractivity contribution in [3.63, 3.8) is 0 Å². The number of carbonyl (C=O) groups is 2. The normalized spacial score (nSPS) is 21.8. The topological polar surface area (TPSA) is 67.2 Å². The van der Waals surface area contributed by atoms with E-state index in [1.807, 2.05) is 13.8 Å². The lowest BCUT2D eigenvalue weighted by Crippen LogP contribution is -2.45. The summed E-state index contributed by atoms with van der Waals surface area (Å²) in [6.45, 7) is 3.92. The summed E-state index contributed by atoms with van der Waals surface area (Å²) < 4.78 is 1.71. The molecule has 0 bridgehead atoms. The van der Waals surface area contributed by atoms with Gasteiger partial charge in [0.2, 0.25) is 11.8 Å². The molecule has 1 atom stereocenters. The number of rotatable bonds is 1. The third-order valence-electron chi connectivity index (χ3n) is 4.94. The molecule has 4 rings (SSSR count). The molecule has 8 heteroatoms. The van der Waals surface area contributed by atoms with Crippen LogP contribution in [0.15, 0.2) is 18.3 Å². The van der Waals surface area contributed by atoms with E-state index in [0.717, 1.165) is 0 Å². The highest BCUT2D eigenvalue weighted by molar-refractivity contribution is 6.38. The van der Waals surface area contributed by atoms with E-state index < -0.39 is 5.41 Å². The molecule has 2 aliphatic heterocycles. The van der Waals surface area contributed by atoms with Crippen LogP contribution in [-0.4, -0.2) is 28.6 Å². The number of likely N-dealkylation sites (N-methyl/N-ethyl adjacent to an activating group) is 1.